The number of carbonyl (C=O) groups is 2. The van der Waals surface area contributed by atoms with Gasteiger partial charge in [0.05, 0.1) is 19.9 Å². The Morgan fingerprint density at radius 3 is 1.40 bits per heavy atom. The predicted molar refractivity (Wildman–Crippen MR) is 196 cm³/mol. The highest BCUT2D eigenvalue weighted by atomic mass is 35.5. The number of benzene rings is 4. The number of halogens is 2. The Hall–Kier alpha value is -6.18. The van der Waals surface area contributed by atoms with Crippen LogP contribution in [0.25, 0.3) is 21.9 Å². The van der Waals surface area contributed by atoms with E-state index < -0.39 is 21.1 Å². The van der Waals surface area contributed by atoms with Gasteiger partial charge in [-0.3, -0.25) is 29.8 Å². The van der Waals surface area contributed by atoms with E-state index in [0.29, 0.717) is 33.0 Å². The van der Waals surface area contributed by atoms with Crippen molar-refractivity contribution in [1.29, 1.82) is 0 Å². The van der Waals surface area contributed by atoms with Gasteiger partial charge in [0.25, 0.3) is 11.4 Å². The van der Waals surface area contributed by atoms with Crippen LogP contribution >= 0.6 is 23.2 Å². The second-order valence-electron chi connectivity index (χ2n) is 12.3. The molecule has 0 fully saturated rings. The lowest BCUT2D eigenvalue weighted by molar-refractivity contribution is -0.385. The van der Waals surface area contributed by atoms with E-state index in [0.717, 1.165) is 0 Å². The maximum Gasteiger partial charge on any atom is 0.340 e. The maximum absolute atomic E-state index is 13.3. The Balaban J connectivity index is 1.41. The molecule has 0 bridgehead atoms. The van der Waals surface area contributed by atoms with E-state index in [-0.39, 0.29) is 92.5 Å². The molecule has 0 unspecified atom stereocenters. The van der Waals surface area contributed by atoms with Gasteiger partial charge in [-0.1, -0.05) is 47.5 Å². The number of carbonyl (C=O) groups excluding carboxylic acids is 2. The van der Waals surface area contributed by atoms with Gasteiger partial charge in [0, 0.05) is 84.0 Å². The second kappa shape index (κ2) is 14.8. The number of rotatable bonds is 12. The number of nitro groups is 2. The van der Waals surface area contributed by atoms with Gasteiger partial charge in [-0.25, -0.2) is 9.59 Å². The Morgan fingerprint density at radius 2 is 1.04 bits per heavy atom. The molecule has 4 aromatic carbocycles. The first-order chi connectivity index (χ1) is 25.2. The normalized spacial score (nSPS) is 11.2. The van der Waals surface area contributed by atoms with Crippen LogP contribution < -0.4 is 16.0 Å². The fraction of sp³-hybridized carbons (Fsp3) is 0.158. The van der Waals surface area contributed by atoms with Crippen LogP contribution in [0.1, 0.15) is 47.2 Å². The first kappa shape index (κ1) is 36.6. The van der Waals surface area contributed by atoms with E-state index >= 15 is 0 Å². The maximum atomic E-state index is 13.3. The van der Waals surface area contributed by atoms with Crippen molar-refractivity contribution in [3.05, 3.63) is 157 Å². The zero-order valence-electron chi connectivity index (χ0n) is 27.9. The minimum absolute atomic E-state index is 0.00243. The van der Waals surface area contributed by atoms with E-state index in [4.69, 9.17) is 36.8 Å². The van der Waals surface area contributed by atoms with Crippen LogP contribution in [0.5, 0.6) is 11.5 Å². The van der Waals surface area contributed by atoms with Gasteiger partial charge < -0.3 is 13.6 Å². The quantitative estimate of drug-likeness (QED) is 0.0663. The lowest BCUT2D eigenvalue weighted by Gasteiger charge is -2.15. The molecule has 0 radical (unpaired) electrons. The highest BCUT2D eigenvalue weighted by Gasteiger charge is 2.23. The van der Waals surface area contributed by atoms with Crippen LogP contribution in [0.2, 0.25) is 10.0 Å². The minimum Gasteiger partial charge on any atom is -0.454 e. The average Bonchev–Trinajstić information content (AvgIpc) is 3.09. The molecule has 0 N–H and O–H groups in total. The predicted octanol–water partition coefficient (Wildman–Crippen LogP) is 8.26. The summed E-state index contributed by atoms with van der Waals surface area (Å²) in [4.78, 5) is 72.9. The first-order valence-electron chi connectivity index (χ1n) is 15.9. The van der Waals surface area contributed by atoms with Crippen molar-refractivity contribution in [1.82, 2.24) is 0 Å². The number of hydrogen-bond donors (Lipinski definition) is 0. The van der Waals surface area contributed by atoms with Crippen molar-refractivity contribution in [3.63, 3.8) is 0 Å². The zero-order chi connectivity index (χ0) is 38.1. The molecule has 6 rings (SSSR count). The SMILES string of the molecule is CC(=O)Cc1c(Cc2cccc([N+](=O)[O-])c2)c(=O)oc2cc(Oc3cc4oc(=O)c(Cc5cccc([N+](=O)[O-])c5)c(CC(C)=O)c4cc3Cl)c(Cl)cc12. The van der Waals surface area contributed by atoms with Crippen molar-refractivity contribution in [2.75, 3.05) is 0 Å². The summed E-state index contributed by atoms with van der Waals surface area (Å²) in [6.07, 6.45) is -0.391. The molecule has 0 saturated carbocycles. The molecular formula is C38H26Cl2N2O11. The Labute approximate surface area is 308 Å². The number of ether oxygens (including phenoxy) is 1. The van der Waals surface area contributed by atoms with Gasteiger partial charge in [-0.15, -0.1) is 0 Å². The molecule has 15 heteroatoms. The van der Waals surface area contributed by atoms with Gasteiger partial charge in [0.15, 0.2) is 0 Å². The van der Waals surface area contributed by atoms with Crippen molar-refractivity contribution in [2.45, 2.75) is 39.5 Å². The molecular weight excluding hydrogens is 731 g/mol. The van der Waals surface area contributed by atoms with Crippen LogP contribution in [0, 0.1) is 20.2 Å². The smallest absolute Gasteiger partial charge is 0.340 e. The number of nitrogens with zero attached hydrogens (tertiary/aromatic N) is 2. The van der Waals surface area contributed by atoms with Crippen molar-refractivity contribution < 1.29 is 33.0 Å². The lowest BCUT2D eigenvalue weighted by Crippen LogP contribution is -2.15. The highest BCUT2D eigenvalue weighted by Crippen LogP contribution is 2.40. The highest BCUT2D eigenvalue weighted by molar-refractivity contribution is 6.33. The molecule has 6 aromatic rings. The second-order valence-corrected chi connectivity index (χ2v) is 13.1. The van der Waals surface area contributed by atoms with Gasteiger partial charge in [0.1, 0.15) is 34.2 Å². The Kier molecular flexibility index (Phi) is 10.2. The number of hydrogen-bond acceptors (Lipinski definition) is 11. The van der Waals surface area contributed by atoms with E-state index in [1.165, 1.54) is 74.5 Å². The summed E-state index contributed by atoms with van der Waals surface area (Å²) in [5, 5.41) is 23.4. The van der Waals surface area contributed by atoms with Gasteiger partial charge in [-0.2, -0.15) is 0 Å². The third-order valence-corrected chi connectivity index (χ3v) is 9.01. The molecule has 0 saturated heterocycles. The summed E-state index contributed by atoms with van der Waals surface area (Å²) < 4.78 is 17.3. The minimum atomic E-state index is -0.766. The average molecular weight is 758 g/mol. The van der Waals surface area contributed by atoms with Gasteiger partial charge in [-0.05, 0) is 48.2 Å². The van der Waals surface area contributed by atoms with Crippen LogP contribution in [0.3, 0.4) is 0 Å². The fourth-order valence-corrected chi connectivity index (χ4v) is 6.51. The number of fused-ring (bicyclic) bond motifs is 2. The topological polar surface area (TPSA) is 190 Å². The molecule has 0 amide bonds. The molecule has 13 nitrogen and oxygen atoms in total. The number of non-ortho nitro benzene ring substituents is 2. The van der Waals surface area contributed by atoms with E-state index in [1.54, 1.807) is 12.1 Å². The summed E-state index contributed by atoms with van der Waals surface area (Å²) in [6, 6.07) is 17.2. The largest absolute Gasteiger partial charge is 0.454 e. The summed E-state index contributed by atoms with van der Waals surface area (Å²) >= 11 is 13.4. The van der Waals surface area contributed by atoms with Crippen LogP contribution in [-0.2, 0) is 35.3 Å². The Morgan fingerprint density at radius 1 is 0.642 bits per heavy atom. The first-order valence-corrected chi connectivity index (χ1v) is 16.6. The summed E-state index contributed by atoms with van der Waals surface area (Å²) in [7, 11) is 0. The van der Waals surface area contributed by atoms with E-state index in [2.05, 4.69) is 0 Å². The molecule has 268 valence electrons. The molecule has 2 heterocycles. The fourth-order valence-electron chi connectivity index (χ4n) is 6.11. The Bertz CT molecular complexity index is 2470. The molecule has 0 spiro atoms. The molecule has 0 atom stereocenters. The number of ketones is 2. The number of nitro benzene ring substituents is 2. The molecule has 0 aliphatic carbocycles. The van der Waals surface area contributed by atoms with Gasteiger partial charge in [0.2, 0.25) is 0 Å². The summed E-state index contributed by atoms with van der Waals surface area (Å²) in [6.45, 7) is 2.71. The van der Waals surface area contributed by atoms with Crippen molar-refractivity contribution in [2.24, 2.45) is 0 Å². The third kappa shape index (κ3) is 7.86. The van der Waals surface area contributed by atoms with Gasteiger partial charge >= 0.3 is 11.3 Å². The molecule has 0 aliphatic heterocycles. The summed E-state index contributed by atoms with van der Waals surface area (Å²) in [5.74, 6) is -0.513. The van der Waals surface area contributed by atoms with E-state index in [1.807, 2.05) is 0 Å². The van der Waals surface area contributed by atoms with Crippen molar-refractivity contribution in [3.8, 4) is 11.5 Å². The monoisotopic (exact) mass is 756 g/mol. The van der Waals surface area contributed by atoms with Crippen LogP contribution in [0.4, 0.5) is 11.4 Å². The third-order valence-electron chi connectivity index (χ3n) is 8.42. The zero-order valence-corrected chi connectivity index (χ0v) is 29.4. The number of Topliss-reactive ketones (excluding diaryl/α,β-unsaturated/α-hetero) is 2. The standard InChI is InChI=1S/C38H26Cl2N2O11/c1-19(43)9-25-27-15-31(39)35(17-33(27)52-37(45)29(25)13-21-5-3-7-23(11-21)41(47)48)51-36-18-34-28(16-32(36)40)26(10-20(2)44)30(38(46)53-34)14-22-6-4-8-24(12-22)42(49)50/h3-8,11-12,15-18H,9-10,13-14H2,1-2H3. The molecule has 0 aliphatic rings. The van der Waals surface area contributed by atoms with E-state index in [9.17, 15) is 39.4 Å². The molecule has 53 heavy (non-hydrogen) atoms. The van der Waals surface area contributed by atoms with Crippen molar-refractivity contribution >= 4 is 68.1 Å². The van der Waals surface area contributed by atoms with Crippen LogP contribution in [0.15, 0.2) is 91.2 Å². The summed E-state index contributed by atoms with van der Waals surface area (Å²) in [5.41, 5.74) is 0.0916. The molecule has 2 aromatic heterocycles. The van der Waals surface area contributed by atoms with Crippen LogP contribution in [-0.4, -0.2) is 21.4 Å². The lowest BCUT2D eigenvalue weighted by atomic mass is 9.95.